The Morgan fingerprint density at radius 2 is 1.68 bits per heavy atom. The Balaban J connectivity index is 1.31. The largest absolute Gasteiger partial charge is 0.444 e. The van der Waals surface area contributed by atoms with Gasteiger partial charge in [0.25, 0.3) is 0 Å². The van der Waals surface area contributed by atoms with Crippen LogP contribution < -0.4 is 4.90 Å². The summed E-state index contributed by atoms with van der Waals surface area (Å²) in [5, 5.41) is 0. The van der Waals surface area contributed by atoms with Crippen molar-refractivity contribution < 1.29 is 9.53 Å². The number of nitrogens with zero attached hydrogens (tertiary/aromatic N) is 6. The van der Waals surface area contributed by atoms with Crippen molar-refractivity contribution in [2.24, 2.45) is 0 Å². The number of carbonyl (C=O) groups is 1. The maximum atomic E-state index is 12.3. The first kappa shape index (κ1) is 21.9. The zero-order chi connectivity index (χ0) is 23.7. The standard InChI is InChI=1S/C26H28N6O2/c1-26(2,3)34-25(33)31-13-11-30(12-14-31)23-8-6-20(16-28-23)22-17-29-24-9-7-21(18-32(22)24)19-5-4-10-27-15-19/h4-10,15-18H,11-14H2,1-3H3. The van der Waals surface area contributed by atoms with Crippen molar-refractivity contribution in [1.82, 2.24) is 24.3 Å². The number of piperazine rings is 1. The van der Waals surface area contributed by atoms with Crippen molar-refractivity contribution in [2.45, 2.75) is 26.4 Å². The van der Waals surface area contributed by atoms with Gasteiger partial charge in [0, 0.05) is 67.7 Å². The fourth-order valence-corrected chi connectivity index (χ4v) is 4.07. The normalized spacial score (nSPS) is 14.4. The average molecular weight is 457 g/mol. The highest BCUT2D eigenvalue weighted by molar-refractivity contribution is 5.70. The summed E-state index contributed by atoms with van der Waals surface area (Å²) < 4.78 is 7.57. The molecule has 1 aliphatic rings. The van der Waals surface area contributed by atoms with Crippen molar-refractivity contribution in [3.63, 3.8) is 0 Å². The number of fused-ring (bicyclic) bond motifs is 1. The van der Waals surface area contributed by atoms with Gasteiger partial charge in [0.1, 0.15) is 17.1 Å². The zero-order valence-corrected chi connectivity index (χ0v) is 19.7. The molecule has 4 aromatic rings. The minimum Gasteiger partial charge on any atom is -0.444 e. The van der Waals surface area contributed by atoms with E-state index in [1.807, 2.05) is 63.6 Å². The van der Waals surface area contributed by atoms with E-state index in [1.54, 1.807) is 11.1 Å². The van der Waals surface area contributed by atoms with Gasteiger partial charge < -0.3 is 14.5 Å². The molecule has 0 aromatic carbocycles. The van der Waals surface area contributed by atoms with Gasteiger partial charge in [-0.3, -0.25) is 9.38 Å². The lowest BCUT2D eigenvalue weighted by Crippen LogP contribution is -2.50. The highest BCUT2D eigenvalue weighted by atomic mass is 16.6. The maximum Gasteiger partial charge on any atom is 0.410 e. The van der Waals surface area contributed by atoms with E-state index in [4.69, 9.17) is 9.72 Å². The molecule has 0 unspecified atom stereocenters. The van der Waals surface area contributed by atoms with Gasteiger partial charge in [0.05, 0.1) is 11.9 Å². The van der Waals surface area contributed by atoms with Crippen LogP contribution in [0.15, 0.2) is 67.4 Å². The predicted molar refractivity (Wildman–Crippen MR) is 132 cm³/mol. The van der Waals surface area contributed by atoms with Gasteiger partial charge in [-0.1, -0.05) is 6.07 Å². The van der Waals surface area contributed by atoms with E-state index in [-0.39, 0.29) is 6.09 Å². The average Bonchev–Trinajstić information content (AvgIpc) is 3.27. The molecule has 1 aliphatic heterocycles. The molecule has 5 heterocycles. The predicted octanol–water partition coefficient (Wildman–Crippen LogP) is 4.52. The van der Waals surface area contributed by atoms with E-state index in [1.165, 1.54) is 0 Å². The lowest BCUT2D eigenvalue weighted by Gasteiger charge is -2.36. The van der Waals surface area contributed by atoms with Crippen molar-refractivity contribution in [3.05, 3.63) is 67.4 Å². The number of hydrogen-bond donors (Lipinski definition) is 0. The molecular formula is C26H28N6O2. The Kier molecular flexibility index (Phi) is 5.65. The fraction of sp³-hybridized carbons (Fsp3) is 0.308. The van der Waals surface area contributed by atoms with Crippen LogP contribution in [-0.4, -0.2) is 62.1 Å². The number of aromatic nitrogens is 4. The highest BCUT2D eigenvalue weighted by Gasteiger charge is 2.26. The van der Waals surface area contributed by atoms with E-state index >= 15 is 0 Å². The summed E-state index contributed by atoms with van der Waals surface area (Å²) in [5.41, 5.74) is 4.50. The van der Waals surface area contributed by atoms with Crippen molar-refractivity contribution in [2.75, 3.05) is 31.1 Å². The van der Waals surface area contributed by atoms with Crippen LogP contribution in [-0.2, 0) is 4.74 Å². The monoisotopic (exact) mass is 456 g/mol. The number of amides is 1. The number of anilines is 1. The van der Waals surface area contributed by atoms with Crippen molar-refractivity contribution in [1.29, 1.82) is 0 Å². The molecule has 1 amide bonds. The number of pyridine rings is 3. The molecule has 0 saturated carbocycles. The Labute approximate surface area is 198 Å². The molecule has 34 heavy (non-hydrogen) atoms. The lowest BCUT2D eigenvalue weighted by molar-refractivity contribution is 0.0240. The van der Waals surface area contributed by atoms with Gasteiger partial charge in [0.2, 0.25) is 0 Å². The Hall–Kier alpha value is -3.94. The molecule has 0 atom stereocenters. The van der Waals surface area contributed by atoms with Crippen LogP contribution >= 0.6 is 0 Å². The van der Waals surface area contributed by atoms with Crippen molar-refractivity contribution in [3.8, 4) is 22.4 Å². The van der Waals surface area contributed by atoms with Gasteiger partial charge in [0.15, 0.2) is 0 Å². The van der Waals surface area contributed by atoms with E-state index in [0.717, 1.165) is 46.9 Å². The minimum atomic E-state index is -0.484. The summed E-state index contributed by atoms with van der Waals surface area (Å²) in [6, 6.07) is 12.2. The molecule has 4 aromatic heterocycles. The highest BCUT2D eigenvalue weighted by Crippen LogP contribution is 2.26. The van der Waals surface area contributed by atoms with Gasteiger partial charge >= 0.3 is 6.09 Å². The first-order chi connectivity index (χ1) is 16.4. The van der Waals surface area contributed by atoms with Gasteiger partial charge in [-0.15, -0.1) is 0 Å². The molecule has 1 saturated heterocycles. The number of carbonyl (C=O) groups excluding carboxylic acids is 1. The van der Waals surface area contributed by atoms with Gasteiger partial charge in [-0.25, -0.2) is 14.8 Å². The summed E-state index contributed by atoms with van der Waals surface area (Å²) in [4.78, 5) is 29.8. The molecule has 0 N–H and O–H groups in total. The van der Waals surface area contributed by atoms with E-state index in [9.17, 15) is 4.79 Å². The van der Waals surface area contributed by atoms with E-state index in [0.29, 0.717) is 13.1 Å². The van der Waals surface area contributed by atoms with Crippen LogP contribution in [0.3, 0.4) is 0 Å². The number of ether oxygens (including phenoxy) is 1. The number of rotatable bonds is 3. The summed E-state index contributed by atoms with van der Waals surface area (Å²) in [7, 11) is 0. The van der Waals surface area contributed by atoms with Gasteiger partial charge in [-0.2, -0.15) is 0 Å². The van der Waals surface area contributed by atoms with Crippen LogP contribution in [0, 0.1) is 0 Å². The fourth-order valence-electron chi connectivity index (χ4n) is 4.07. The third-order valence-electron chi connectivity index (χ3n) is 5.80. The molecule has 0 radical (unpaired) electrons. The van der Waals surface area contributed by atoms with Crippen LogP contribution in [0.1, 0.15) is 20.8 Å². The summed E-state index contributed by atoms with van der Waals surface area (Å²) in [5.74, 6) is 0.900. The molecule has 0 spiro atoms. The summed E-state index contributed by atoms with van der Waals surface area (Å²) in [6.45, 7) is 8.32. The van der Waals surface area contributed by atoms with Crippen molar-refractivity contribution >= 4 is 17.6 Å². The van der Waals surface area contributed by atoms with Crippen LogP contribution in [0.5, 0.6) is 0 Å². The molecule has 174 valence electrons. The summed E-state index contributed by atoms with van der Waals surface area (Å²) >= 11 is 0. The maximum absolute atomic E-state index is 12.3. The molecule has 1 fully saturated rings. The zero-order valence-electron chi connectivity index (χ0n) is 19.7. The van der Waals surface area contributed by atoms with Crippen LogP contribution in [0.2, 0.25) is 0 Å². The topological polar surface area (TPSA) is 75.9 Å². The van der Waals surface area contributed by atoms with Crippen LogP contribution in [0.25, 0.3) is 28.0 Å². The first-order valence-corrected chi connectivity index (χ1v) is 11.4. The minimum absolute atomic E-state index is 0.256. The second kappa shape index (κ2) is 8.78. The van der Waals surface area contributed by atoms with Crippen LogP contribution in [0.4, 0.5) is 10.6 Å². The molecular weight excluding hydrogens is 428 g/mol. The Morgan fingerprint density at radius 1 is 0.882 bits per heavy atom. The van der Waals surface area contributed by atoms with E-state index in [2.05, 4.69) is 37.6 Å². The smallest absolute Gasteiger partial charge is 0.410 e. The molecule has 0 bridgehead atoms. The third kappa shape index (κ3) is 4.57. The quantitative estimate of drug-likeness (QED) is 0.451. The van der Waals surface area contributed by atoms with E-state index < -0.39 is 5.60 Å². The second-order valence-corrected chi connectivity index (χ2v) is 9.39. The summed E-state index contributed by atoms with van der Waals surface area (Å²) in [6.07, 6.45) is 9.22. The molecule has 8 nitrogen and oxygen atoms in total. The molecule has 8 heteroatoms. The lowest BCUT2D eigenvalue weighted by atomic mass is 10.1. The second-order valence-electron chi connectivity index (χ2n) is 9.39. The number of hydrogen-bond acceptors (Lipinski definition) is 6. The first-order valence-electron chi connectivity index (χ1n) is 11.4. The molecule has 0 aliphatic carbocycles. The number of imidazole rings is 1. The van der Waals surface area contributed by atoms with Gasteiger partial charge in [-0.05, 0) is 51.1 Å². The Morgan fingerprint density at radius 3 is 2.35 bits per heavy atom. The SMILES string of the molecule is CC(C)(C)OC(=O)N1CCN(c2ccc(-c3cnc4ccc(-c5cccnc5)cn34)cn2)CC1. The Bertz CT molecular complexity index is 1290. The third-order valence-corrected chi connectivity index (χ3v) is 5.80. The molecule has 5 rings (SSSR count).